The van der Waals surface area contributed by atoms with E-state index in [9.17, 15) is 4.79 Å². The van der Waals surface area contributed by atoms with Crippen molar-refractivity contribution in [1.82, 2.24) is 9.80 Å². The Bertz CT molecular complexity index is 678. The van der Waals surface area contributed by atoms with Crippen molar-refractivity contribution in [2.24, 2.45) is 0 Å². The molecule has 25 heavy (non-hydrogen) atoms. The molecule has 0 heterocycles. The molecule has 0 saturated carbocycles. The highest BCUT2D eigenvalue weighted by atomic mass is 16.2. The Hall–Kier alpha value is -2.13. The Kier molecular flexibility index (Phi) is 7.20. The number of amides is 1. The molecule has 2 aromatic carbocycles. The van der Waals surface area contributed by atoms with Gasteiger partial charge in [-0.05, 0) is 44.0 Å². The van der Waals surface area contributed by atoms with E-state index in [-0.39, 0.29) is 5.91 Å². The van der Waals surface area contributed by atoms with Gasteiger partial charge in [-0.15, -0.1) is 0 Å². The first kappa shape index (κ1) is 19.2. The highest BCUT2D eigenvalue weighted by molar-refractivity contribution is 5.78. The van der Waals surface area contributed by atoms with Gasteiger partial charge >= 0.3 is 0 Å². The first-order chi connectivity index (χ1) is 12.1. The number of aryl methyl sites for hydroxylation is 1. The molecule has 2 rings (SSSR count). The van der Waals surface area contributed by atoms with Crippen molar-refractivity contribution in [3.63, 3.8) is 0 Å². The molecule has 0 spiro atoms. The van der Waals surface area contributed by atoms with E-state index in [1.165, 1.54) is 22.3 Å². The third-order valence-corrected chi connectivity index (χ3v) is 4.66. The van der Waals surface area contributed by atoms with Crippen LogP contribution in [0.2, 0.25) is 0 Å². The fourth-order valence-electron chi connectivity index (χ4n) is 3.14. The van der Waals surface area contributed by atoms with Crippen molar-refractivity contribution in [3.05, 3.63) is 59.7 Å². The lowest BCUT2D eigenvalue weighted by Gasteiger charge is -2.26. The summed E-state index contributed by atoms with van der Waals surface area (Å²) in [7, 11) is 0. The molecule has 3 nitrogen and oxygen atoms in total. The first-order valence-electron chi connectivity index (χ1n) is 9.24. The highest BCUT2D eigenvalue weighted by Crippen LogP contribution is 2.25. The second-order valence-electron chi connectivity index (χ2n) is 6.40. The topological polar surface area (TPSA) is 23.6 Å². The fourth-order valence-corrected chi connectivity index (χ4v) is 3.14. The average molecular weight is 338 g/mol. The van der Waals surface area contributed by atoms with Gasteiger partial charge < -0.3 is 4.90 Å². The van der Waals surface area contributed by atoms with Gasteiger partial charge in [-0.3, -0.25) is 9.69 Å². The summed E-state index contributed by atoms with van der Waals surface area (Å²) in [5.41, 5.74) is 5.00. The molecule has 134 valence electrons. The van der Waals surface area contributed by atoms with Crippen LogP contribution in [-0.2, 0) is 11.3 Å². The average Bonchev–Trinajstić information content (AvgIpc) is 2.63. The van der Waals surface area contributed by atoms with Crippen LogP contribution in [-0.4, -0.2) is 41.9 Å². The number of carbonyl (C=O) groups excluding carboxylic acids is 1. The number of hydrogen-bond donors (Lipinski definition) is 0. The summed E-state index contributed by atoms with van der Waals surface area (Å²) < 4.78 is 0. The number of hydrogen-bond acceptors (Lipinski definition) is 2. The van der Waals surface area contributed by atoms with E-state index < -0.39 is 0 Å². The molecule has 0 atom stereocenters. The maximum absolute atomic E-state index is 12.5. The van der Waals surface area contributed by atoms with Gasteiger partial charge in [0, 0.05) is 19.6 Å². The van der Waals surface area contributed by atoms with Crippen molar-refractivity contribution < 1.29 is 4.79 Å². The van der Waals surface area contributed by atoms with E-state index >= 15 is 0 Å². The van der Waals surface area contributed by atoms with Crippen LogP contribution in [0.5, 0.6) is 0 Å². The lowest BCUT2D eigenvalue weighted by molar-refractivity contribution is -0.132. The predicted octanol–water partition coefficient (Wildman–Crippen LogP) is 4.35. The summed E-state index contributed by atoms with van der Waals surface area (Å²) in [6.45, 7) is 12.0. The van der Waals surface area contributed by atoms with Gasteiger partial charge in [0.05, 0.1) is 6.54 Å². The SMILES string of the molecule is CCN(CC(=O)N(CC)CC)Cc1cc(C)ccc1-c1ccccc1. The van der Waals surface area contributed by atoms with Gasteiger partial charge in [0.2, 0.25) is 5.91 Å². The molecule has 0 saturated heterocycles. The van der Waals surface area contributed by atoms with Gasteiger partial charge in [0.1, 0.15) is 0 Å². The summed E-state index contributed by atoms with van der Waals surface area (Å²) in [5, 5.41) is 0. The van der Waals surface area contributed by atoms with Crippen LogP contribution in [0, 0.1) is 6.92 Å². The van der Waals surface area contributed by atoms with E-state index in [2.05, 4.69) is 61.2 Å². The number of rotatable bonds is 8. The monoisotopic (exact) mass is 338 g/mol. The van der Waals surface area contributed by atoms with Gasteiger partial charge in [-0.2, -0.15) is 0 Å². The van der Waals surface area contributed by atoms with Crippen LogP contribution < -0.4 is 0 Å². The van der Waals surface area contributed by atoms with E-state index in [1.54, 1.807) is 0 Å². The zero-order valence-electron chi connectivity index (χ0n) is 16.0. The normalized spacial score (nSPS) is 10.9. The molecule has 2 aromatic rings. The zero-order chi connectivity index (χ0) is 18.2. The van der Waals surface area contributed by atoms with Crippen LogP contribution in [0.1, 0.15) is 31.9 Å². The highest BCUT2D eigenvalue weighted by Gasteiger charge is 2.16. The van der Waals surface area contributed by atoms with E-state index in [0.29, 0.717) is 6.54 Å². The summed E-state index contributed by atoms with van der Waals surface area (Å²) in [4.78, 5) is 16.6. The summed E-state index contributed by atoms with van der Waals surface area (Å²) in [6.07, 6.45) is 0. The molecule has 1 amide bonds. The minimum atomic E-state index is 0.209. The first-order valence-corrected chi connectivity index (χ1v) is 9.24. The minimum absolute atomic E-state index is 0.209. The second kappa shape index (κ2) is 9.38. The zero-order valence-corrected chi connectivity index (χ0v) is 16.0. The van der Waals surface area contributed by atoms with Crippen molar-refractivity contribution in [2.75, 3.05) is 26.2 Å². The number of benzene rings is 2. The molecule has 0 N–H and O–H groups in total. The van der Waals surface area contributed by atoms with E-state index in [0.717, 1.165) is 26.2 Å². The lowest BCUT2D eigenvalue weighted by Crippen LogP contribution is -2.40. The minimum Gasteiger partial charge on any atom is -0.342 e. The Morgan fingerprint density at radius 2 is 1.60 bits per heavy atom. The molecule has 0 aliphatic heterocycles. The third-order valence-electron chi connectivity index (χ3n) is 4.66. The van der Waals surface area contributed by atoms with Crippen LogP contribution in [0.25, 0.3) is 11.1 Å². The second-order valence-corrected chi connectivity index (χ2v) is 6.40. The van der Waals surface area contributed by atoms with Crippen LogP contribution in [0.4, 0.5) is 0 Å². The van der Waals surface area contributed by atoms with E-state index in [4.69, 9.17) is 0 Å². The molecule has 3 heteroatoms. The number of likely N-dealkylation sites (N-methyl/N-ethyl adjacent to an activating group) is 2. The smallest absolute Gasteiger partial charge is 0.236 e. The molecule has 0 fully saturated rings. The fraction of sp³-hybridized carbons (Fsp3) is 0.409. The molecular formula is C22H30N2O. The summed E-state index contributed by atoms with van der Waals surface area (Å²) in [6, 6.07) is 17.1. The number of carbonyl (C=O) groups is 1. The third kappa shape index (κ3) is 5.17. The van der Waals surface area contributed by atoms with Gasteiger partial charge in [0.25, 0.3) is 0 Å². The van der Waals surface area contributed by atoms with Crippen molar-refractivity contribution >= 4 is 5.91 Å². The largest absolute Gasteiger partial charge is 0.342 e. The van der Waals surface area contributed by atoms with Crippen LogP contribution >= 0.6 is 0 Å². The Morgan fingerprint density at radius 3 is 2.20 bits per heavy atom. The summed E-state index contributed by atoms with van der Waals surface area (Å²) >= 11 is 0. The van der Waals surface area contributed by atoms with Crippen molar-refractivity contribution in [2.45, 2.75) is 34.2 Å². The maximum atomic E-state index is 12.5. The van der Waals surface area contributed by atoms with E-state index in [1.807, 2.05) is 24.8 Å². The molecular weight excluding hydrogens is 308 g/mol. The Balaban J connectivity index is 2.22. The van der Waals surface area contributed by atoms with Crippen molar-refractivity contribution in [3.8, 4) is 11.1 Å². The van der Waals surface area contributed by atoms with Crippen molar-refractivity contribution in [1.29, 1.82) is 0 Å². The molecule has 0 radical (unpaired) electrons. The Morgan fingerprint density at radius 1 is 0.920 bits per heavy atom. The molecule has 0 aromatic heterocycles. The molecule has 0 aliphatic rings. The Labute approximate surface area is 152 Å². The lowest BCUT2D eigenvalue weighted by atomic mass is 9.97. The summed E-state index contributed by atoms with van der Waals surface area (Å²) in [5.74, 6) is 0.209. The van der Waals surface area contributed by atoms with Gasteiger partial charge in [-0.1, -0.05) is 61.0 Å². The molecule has 0 bridgehead atoms. The molecule has 0 unspecified atom stereocenters. The standard InChI is InChI=1S/C22H30N2O/c1-5-23(17-22(25)24(6-2)7-3)16-20-15-18(4)13-14-21(20)19-11-9-8-10-12-19/h8-15H,5-7,16-17H2,1-4H3. The van der Waals surface area contributed by atoms with Gasteiger partial charge in [-0.25, -0.2) is 0 Å². The number of nitrogens with zero attached hydrogens (tertiary/aromatic N) is 2. The van der Waals surface area contributed by atoms with Crippen LogP contribution in [0.15, 0.2) is 48.5 Å². The van der Waals surface area contributed by atoms with Crippen LogP contribution in [0.3, 0.4) is 0 Å². The quantitative estimate of drug-likeness (QED) is 0.714. The predicted molar refractivity (Wildman–Crippen MR) is 105 cm³/mol. The molecule has 0 aliphatic carbocycles. The van der Waals surface area contributed by atoms with Gasteiger partial charge in [0.15, 0.2) is 0 Å². The maximum Gasteiger partial charge on any atom is 0.236 e.